The number of ketones is 1. The zero-order valence-corrected chi connectivity index (χ0v) is 11.9. The average molecular weight is 284 g/mol. The first-order chi connectivity index (χ1) is 10.2. The quantitative estimate of drug-likeness (QED) is 0.639. The van der Waals surface area contributed by atoms with Crippen molar-refractivity contribution in [1.82, 2.24) is 9.78 Å². The molecule has 1 aromatic carbocycles. The van der Waals surface area contributed by atoms with E-state index in [9.17, 15) is 4.79 Å². The minimum Gasteiger partial charge on any atom is -0.454 e. The first-order valence-corrected chi connectivity index (χ1v) is 6.81. The van der Waals surface area contributed by atoms with Crippen LogP contribution >= 0.6 is 0 Å². The number of hydrogen-bond donors (Lipinski definition) is 0. The Balaban J connectivity index is 1.85. The second-order valence-electron chi connectivity index (χ2n) is 5.03. The molecule has 5 heteroatoms. The lowest BCUT2D eigenvalue weighted by Gasteiger charge is -2.07. The van der Waals surface area contributed by atoms with Crippen molar-refractivity contribution in [1.29, 1.82) is 0 Å². The van der Waals surface area contributed by atoms with Crippen LogP contribution in [-0.4, -0.2) is 22.4 Å². The first kappa shape index (κ1) is 13.4. The predicted octanol–water partition coefficient (Wildman–Crippen LogP) is 3.09. The highest BCUT2D eigenvalue weighted by Crippen LogP contribution is 2.35. The molecule has 1 aliphatic rings. The predicted molar refractivity (Wildman–Crippen MR) is 78.5 cm³/mol. The molecule has 3 rings (SSSR count). The van der Waals surface area contributed by atoms with Gasteiger partial charge < -0.3 is 9.47 Å². The van der Waals surface area contributed by atoms with Crippen molar-refractivity contribution in [3.8, 4) is 11.5 Å². The number of allylic oxidation sites excluding steroid dienone is 1. The average Bonchev–Trinajstić information content (AvgIpc) is 3.12. The molecule has 1 aliphatic heterocycles. The zero-order valence-electron chi connectivity index (χ0n) is 11.9. The monoisotopic (exact) mass is 284 g/mol. The van der Waals surface area contributed by atoms with Gasteiger partial charge in [0, 0.05) is 12.2 Å². The summed E-state index contributed by atoms with van der Waals surface area (Å²) < 4.78 is 12.5. The number of benzene rings is 1. The van der Waals surface area contributed by atoms with Crippen LogP contribution in [0.25, 0.3) is 6.08 Å². The lowest BCUT2D eigenvalue weighted by Crippen LogP contribution is -2.04. The summed E-state index contributed by atoms with van der Waals surface area (Å²) in [5, 5.41) is 4.23. The molecule has 2 aromatic rings. The van der Waals surface area contributed by atoms with E-state index in [-0.39, 0.29) is 18.6 Å². The Morgan fingerprint density at radius 2 is 2.19 bits per heavy atom. The summed E-state index contributed by atoms with van der Waals surface area (Å²) in [6.45, 7) is 4.24. The van der Waals surface area contributed by atoms with E-state index in [1.54, 1.807) is 30.5 Å². The Labute approximate surface area is 122 Å². The number of aromatic nitrogens is 2. The highest BCUT2D eigenvalue weighted by molar-refractivity contribution is 6.09. The minimum atomic E-state index is -0.117. The van der Waals surface area contributed by atoms with Crippen LogP contribution in [0.5, 0.6) is 11.5 Å². The molecule has 0 N–H and O–H groups in total. The minimum absolute atomic E-state index is 0.117. The van der Waals surface area contributed by atoms with Gasteiger partial charge in [-0.3, -0.25) is 9.48 Å². The zero-order chi connectivity index (χ0) is 14.8. The van der Waals surface area contributed by atoms with Crippen molar-refractivity contribution in [3.63, 3.8) is 0 Å². The van der Waals surface area contributed by atoms with Gasteiger partial charge in [-0.15, -0.1) is 0 Å². The van der Waals surface area contributed by atoms with Crippen LogP contribution in [0.15, 0.2) is 36.5 Å². The van der Waals surface area contributed by atoms with E-state index >= 15 is 0 Å². The fraction of sp³-hybridized carbons (Fsp3) is 0.250. The Kier molecular flexibility index (Phi) is 3.48. The number of rotatable bonds is 4. The van der Waals surface area contributed by atoms with Crippen molar-refractivity contribution in [2.45, 2.75) is 19.9 Å². The number of carbonyl (C=O) groups is 1. The van der Waals surface area contributed by atoms with E-state index in [0.717, 1.165) is 5.69 Å². The van der Waals surface area contributed by atoms with Gasteiger partial charge >= 0.3 is 0 Å². The van der Waals surface area contributed by atoms with Gasteiger partial charge in [-0.05, 0) is 44.2 Å². The lowest BCUT2D eigenvalue weighted by atomic mass is 10.1. The molecule has 0 bridgehead atoms. The van der Waals surface area contributed by atoms with Crippen molar-refractivity contribution in [2.24, 2.45) is 0 Å². The number of carbonyl (C=O) groups excluding carboxylic acids is 1. The summed E-state index contributed by atoms with van der Waals surface area (Å²) in [4.78, 5) is 12.3. The molecule has 0 radical (unpaired) electrons. The van der Waals surface area contributed by atoms with Crippen LogP contribution in [0.2, 0.25) is 0 Å². The molecule has 0 amide bonds. The van der Waals surface area contributed by atoms with Crippen LogP contribution in [-0.2, 0) is 0 Å². The SMILES string of the molecule is CC(C)n1nccc1C=CC(=O)c1cccc2c1OCO2. The molecule has 21 heavy (non-hydrogen) atoms. The first-order valence-electron chi connectivity index (χ1n) is 6.81. The van der Waals surface area contributed by atoms with Crippen molar-refractivity contribution in [2.75, 3.05) is 6.79 Å². The number of ether oxygens (including phenoxy) is 2. The number of hydrogen-bond acceptors (Lipinski definition) is 4. The van der Waals surface area contributed by atoms with Crippen LogP contribution in [0.1, 0.15) is 35.9 Å². The molecule has 0 fully saturated rings. The largest absolute Gasteiger partial charge is 0.454 e. The maximum Gasteiger partial charge on any atom is 0.231 e. The summed E-state index contributed by atoms with van der Waals surface area (Å²) in [5.74, 6) is 1.01. The van der Waals surface area contributed by atoms with Crippen molar-refractivity contribution < 1.29 is 14.3 Å². The van der Waals surface area contributed by atoms with Crippen LogP contribution < -0.4 is 9.47 Å². The molecule has 0 aliphatic carbocycles. The normalized spacial score (nSPS) is 13.3. The summed E-state index contributed by atoms with van der Waals surface area (Å²) in [5.41, 5.74) is 1.40. The Bertz CT molecular complexity index is 701. The van der Waals surface area contributed by atoms with Gasteiger partial charge in [0.1, 0.15) is 0 Å². The van der Waals surface area contributed by atoms with E-state index in [1.165, 1.54) is 6.08 Å². The highest BCUT2D eigenvalue weighted by atomic mass is 16.7. The molecule has 0 atom stereocenters. The molecule has 2 heterocycles. The van der Waals surface area contributed by atoms with E-state index in [4.69, 9.17) is 9.47 Å². The Hall–Kier alpha value is -2.56. The van der Waals surface area contributed by atoms with Gasteiger partial charge in [0.05, 0.1) is 11.3 Å². The summed E-state index contributed by atoms with van der Waals surface area (Å²) >= 11 is 0. The number of nitrogens with zero attached hydrogens (tertiary/aromatic N) is 2. The second-order valence-corrected chi connectivity index (χ2v) is 5.03. The molecule has 1 aromatic heterocycles. The number of para-hydroxylation sites is 1. The lowest BCUT2D eigenvalue weighted by molar-refractivity contribution is 0.104. The highest BCUT2D eigenvalue weighted by Gasteiger charge is 2.20. The van der Waals surface area contributed by atoms with Gasteiger partial charge in [0.15, 0.2) is 17.3 Å². The third-order valence-electron chi connectivity index (χ3n) is 3.26. The maximum atomic E-state index is 12.3. The van der Waals surface area contributed by atoms with Gasteiger partial charge in [0.2, 0.25) is 6.79 Å². The smallest absolute Gasteiger partial charge is 0.231 e. The van der Waals surface area contributed by atoms with E-state index < -0.39 is 0 Å². The van der Waals surface area contributed by atoms with Crippen molar-refractivity contribution >= 4 is 11.9 Å². The van der Waals surface area contributed by atoms with Crippen LogP contribution in [0, 0.1) is 0 Å². The van der Waals surface area contributed by atoms with Gasteiger partial charge in [-0.2, -0.15) is 5.10 Å². The van der Waals surface area contributed by atoms with Crippen LogP contribution in [0.4, 0.5) is 0 Å². The summed E-state index contributed by atoms with van der Waals surface area (Å²) in [6, 6.07) is 7.43. The van der Waals surface area contributed by atoms with E-state index in [1.807, 2.05) is 24.6 Å². The summed E-state index contributed by atoms with van der Waals surface area (Å²) in [6.07, 6.45) is 5.03. The second kappa shape index (κ2) is 5.44. The molecular weight excluding hydrogens is 268 g/mol. The van der Waals surface area contributed by atoms with Gasteiger partial charge in [0.25, 0.3) is 0 Å². The maximum absolute atomic E-state index is 12.3. The standard InChI is InChI=1S/C16H16N2O3/c1-11(2)18-12(8-9-17-18)6-7-14(19)13-4-3-5-15-16(13)21-10-20-15/h3-9,11H,10H2,1-2H3. The fourth-order valence-electron chi connectivity index (χ4n) is 2.26. The molecule has 108 valence electrons. The molecule has 0 spiro atoms. The Morgan fingerprint density at radius 1 is 1.33 bits per heavy atom. The van der Waals surface area contributed by atoms with Gasteiger partial charge in [-0.25, -0.2) is 0 Å². The van der Waals surface area contributed by atoms with Crippen molar-refractivity contribution in [3.05, 3.63) is 47.8 Å². The number of fused-ring (bicyclic) bond motifs is 1. The third kappa shape index (κ3) is 2.54. The summed E-state index contributed by atoms with van der Waals surface area (Å²) in [7, 11) is 0. The van der Waals surface area contributed by atoms with E-state index in [0.29, 0.717) is 17.1 Å². The Morgan fingerprint density at radius 3 is 3.00 bits per heavy atom. The van der Waals surface area contributed by atoms with Gasteiger partial charge in [-0.1, -0.05) is 6.07 Å². The molecule has 0 unspecified atom stereocenters. The molecule has 5 nitrogen and oxygen atoms in total. The topological polar surface area (TPSA) is 53.4 Å². The third-order valence-corrected chi connectivity index (χ3v) is 3.26. The molecule has 0 saturated carbocycles. The molecule has 0 saturated heterocycles. The molecular formula is C16H16N2O3. The van der Waals surface area contributed by atoms with E-state index in [2.05, 4.69) is 5.10 Å². The fourth-order valence-corrected chi connectivity index (χ4v) is 2.26. The van der Waals surface area contributed by atoms with Crippen LogP contribution in [0.3, 0.4) is 0 Å².